The molecule has 10 nitrogen and oxygen atoms in total. The Balaban J connectivity index is 1.62. The number of phenolic OH excluding ortho intramolecular Hbond substituents is 2. The topological polar surface area (TPSA) is 142 Å². The lowest BCUT2D eigenvalue weighted by molar-refractivity contribution is -0.130. The smallest absolute Gasteiger partial charge is 0.342 e. The number of nitrogens with zero attached hydrogens (tertiary/aromatic N) is 1. The van der Waals surface area contributed by atoms with Gasteiger partial charge in [-0.1, -0.05) is 30.7 Å². The predicted octanol–water partition coefficient (Wildman–Crippen LogP) is 6.02. The minimum atomic E-state index is -0.813. The number of rotatable bonds is 9. The van der Waals surface area contributed by atoms with Crippen LogP contribution in [0.2, 0.25) is 0 Å². The first-order valence-electron chi connectivity index (χ1n) is 16.8. The van der Waals surface area contributed by atoms with E-state index in [1.807, 2.05) is 4.90 Å². The van der Waals surface area contributed by atoms with Gasteiger partial charge in [-0.3, -0.25) is 14.4 Å². The van der Waals surface area contributed by atoms with Gasteiger partial charge in [-0.15, -0.1) is 0 Å². The molecule has 0 bridgehead atoms. The quantitative estimate of drug-likeness (QED) is 0.221. The van der Waals surface area contributed by atoms with Crippen LogP contribution >= 0.6 is 0 Å². The molecule has 1 fully saturated rings. The summed E-state index contributed by atoms with van der Waals surface area (Å²) in [6.45, 7) is 3.41. The zero-order valence-corrected chi connectivity index (χ0v) is 27.6. The molecule has 254 valence electrons. The second-order valence-corrected chi connectivity index (χ2v) is 12.5. The second-order valence-electron chi connectivity index (χ2n) is 12.5. The van der Waals surface area contributed by atoms with E-state index < -0.39 is 23.7 Å². The van der Waals surface area contributed by atoms with Crippen molar-refractivity contribution in [2.75, 3.05) is 26.7 Å². The normalized spacial score (nSPS) is 19.5. The van der Waals surface area contributed by atoms with E-state index in [0.717, 1.165) is 25.8 Å². The van der Waals surface area contributed by atoms with Crippen LogP contribution in [-0.2, 0) is 19.1 Å². The van der Waals surface area contributed by atoms with Gasteiger partial charge < -0.3 is 29.9 Å². The maximum absolute atomic E-state index is 13.6. The van der Waals surface area contributed by atoms with Crippen molar-refractivity contribution in [2.45, 2.75) is 96.0 Å². The summed E-state index contributed by atoms with van der Waals surface area (Å²) in [5.41, 5.74) is 0.869. The summed E-state index contributed by atoms with van der Waals surface area (Å²) in [5.74, 6) is -1.66. The first kappa shape index (κ1) is 35.5. The van der Waals surface area contributed by atoms with E-state index in [2.05, 4.69) is 5.32 Å². The summed E-state index contributed by atoms with van der Waals surface area (Å²) in [6, 6.07) is 8.39. The highest BCUT2D eigenvalue weighted by atomic mass is 16.5. The number of Topliss-reactive ketones (excluding diaryl/α,β-unsaturated/α-hetero) is 1. The molecule has 3 N–H and O–H groups in total. The van der Waals surface area contributed by atoms with Gasteiger partial charge in [0.05, 0.1) is 13.2 Å². The zero-order valence-electron chi connectivity index (χ0n) is 27.6. The Morgan fingerprint density at radius 3 is 2.57 bits per heavy atom. The van der Waals surface area contributed by atoms with Gasteiger partial charge in [0.15, 0.2) is 0 Å². The van der Waals surface area contributed by atoms with Gasteiger partial charge in [-0.05, 0) is 81.2 Å². The molecule has 2 aromatic rings. The predicted molar refractivity (Wildman–Crippen MR) is 179 cm³/mol. The highest BCUT2D eigenvalue weighted by molar-refractivity contribution is 5.98. The van der Waals surface area contributed by atoms with E-state index in [-0.39, 0.29) is 46.5 Å². The van der Waals surface area contributed by atoms with Crippen LogP contribution < -0.4 is 10.1 Å². The number of methoxy groups -OCH3 is 1. The number of hydrogen-bond acceptors (Lipinski definition) is 8. The molecule has 1 saturated heterocycles. The Kier molecular flexibility index (Phi) is 13.3. The number of allylic oxidation sites excluding steroid dienone is 1. The molecular formula is C37H48N2O8. The number of nitrogens with one attached hydrogen (secondary N) is 1. The number of ketones is 1. The number of amides is 2. The molecule has 1 unspecified atom stereocenters. The van der Waals surface area contributed by atoms with Crippen molar-refractivity contribution >= 4 is 29.6 Å². The number of cyclic esters (lactones) is 1. The maximum atomic E-state index is 13.6. The van der Waals surface area contributed by atoms with Gasteiger partial charge in [-0.2, -0.15) is 0 Å². The number of likely N-dealkylation sites (tertiary alicyclic amines) is 1. The molecule has 47 heavy (non-hydrogen) atoms. The third-order valence-electron chi connectivity index (χ3n) is 8.91. The number of hydrogen-bond donors (Lipinski definition) is 3. The van der Waals surface area contributed by atoms with E-state index in [0.29, 0.717) is 75.8 Å². The van der Waals surface area contributed by atoms with E-state index in [1.54, 1.807) is 50.5 Å². The summed E-state index contributed by atoms with van der Waals surface area (Å²) in [6.07, 6.45) is 10.1. The third-order valence-corrected chi connectivity index (χ3v) is 8.91. The van der Waals surface area contributed by atoms with Gasteiger partial charge in [0.1, 0.15) is 28.6 Å². The molecule has 0 saturated carbocycles. The van der Waals surface area contributed by atoms with Crippen LogP contribution in [0.5, 0.6) is 17.2 Å². The minimum absolute atomic E-state index is 0.0453. The summed E-state index contributed by atoms with van der Waals surface area (Å²) < 4.78 is 11.0. The monoisotopic (exact) mass is 648 g/mol. The molecule has 2 aliphatic rings. The van der Waals surface area contributed by atoms with E-state index in [9.17, 15) is 29.4 Å². The van der Waals surface area contributed by atoms with Gasteiger partial charge in [-0.25, -0.2) is 4.79 Å². The number of ether oxygens (including phenoxy) is 2. The molecule has 0 aliphatic carbocycles. The number of carbonyl (C=O) groups is 4. The van der Waals surface area contributed by atoms with Crippen molar-refractivity contribution in [2.24, 2.45) is 0 Å². The Morgan fingerprint density at radius 2 is 1.81 bits per heavy atom. The van der Waals surface area contributed by atoms with Gasteiger partial charge in [0.25, 0.3) is 0 Å². The van der Waals surface area contributed by atoms with Crippen LogP contribution in [-0.4, -0.2) is 71.5 Å². The van der Waals surface area contributed by atoms with Crippen molar-refractivity contribution in [3.8, 4) is 17.2 Å². The van der Waals surface area contributed by atoms with E-state index in [4.69, 9.17) is 9.47 Å². The summed E-state index contributed by atoms with van der Waals surface area (Å²) in [4.78, 5) is 53.3. The molecular weight excluding hydrogens is 600 g/mol. The van der Waals surface area contributed by atoms with Gasteiger partial charge in [0, 0.05) is 56.8 Å². The lowest BCUT2D eigenvalue weighted by atomic mass is 9.84. The minimum Gasteiger partial charge on any atom is -0.507 e. The molecule has 2 aromatic carbocycles. The molecule has 10 heteroatoms. The number of benzene rings is 2. The number of phenols is 2. The van der Waals surface area contributed by atoms with Crippen LogP contribution in [0.15, 0.2) is 36.4 Å². The van der Waals surface area contributed by atoms with Crippen molar-refractivity contribution in [3.05, 3.63) is 58.7 Å². The summed E-state index contributed by atoms with van der Waals surface area (Å²) in [5, 5.41) is 26.0. The molecule has 2 aliphatic heterocycles. The molecule has 0 radical (unpaired) electrons. The van der Waals surface area contributed by atoms with Crippen LogP contribution in [0.4, 0.5) is 0 Å². The molecule has 2 heterocycles. The van der Waals surface area contributed by atoms with Crippen molar-refractivity contribution in [1.82, 2.24) is 10.2 Å². The summed E-state index contributed by atoms with van der Waals surface area (Å²) in [7, 11) is 1.54. The van der Waals surface area contributed by atoms with Crippen molar-refractivity contribution < 1.29 is 38.9 Å². The fourth-order valence-electron chi connectivity index (χ4n) is 6.27. The maximum Gasteiger partial charge on any atom is 0.342 e. The van der Waals surface area contributed by atoms with E-state index in [1.165, 1.54) is 6.07 Å². The largest absolute Gasteiger partial charge is 0.507 e. The molecule has 0 aromatic heterocycles. The molecule has 2 amide bonds. The lowest BCUT2D eigenvalue weighted by Crippen LogP contribution is -2.34. The van der Waals surface area contributed by atoms with Crippen LogP contribution in [0, 0.1) is 0 Å². The number of fused-ring (bicyclic) bond motifs is 1. The Bertz CT molecular complexity index is 1430. The molecule has 0 spiro atoms. The zero-order chi connectivity index (χ0) is 33.8. The Hall–Kier alpha value is -4.34. The fraction of sp³-hybridized carbons (Fsp3) is 0.514. The average molecular weight is 649 g/mol. The SMILES string of the molecule is COc1ccc(C(CC(=O)NCCCN2CCCCCC2=O)c2c(O)cc3c(c2O)C(=O)O[C@@H](C)CCCC(=O)CCC/C=C/3)cc1. The highest BCUT2D eigenvalue weighted by Crippen LogP contribution is 2.44. The molecule has 2 atom stereocenters. The average Bonchev–Trinajstić information content (AvgIpc) is 3.25. The fourth-order valence-corrected chi connectivity index (χ4v) is 6.27. The second kappa shape index (κ2) is 17.5. The van der Waals surface area contributed by atoms with Crippen LogP contribution in [0.25, 0.3) is 6.08 Å². The first-order chi connectivity index (χ1) is 22.7. The third kappa shape index (κ3) is 10.1. The Morgan fingerprint density at radius 1 is 1.04 bits per heavy atom. The number of esters is 1. The Labute approximate surface area is 277 Å². The van der Waals surface area contributed by atoms with Gasteiger partial charge >= 0.3 is 5.97 Å². The van der Waals surface area contributed by atoms with E-state index >= 15 is 0 Å². The lowest BCUT2D eigenvalue weighted by Gasteiger charge is -2.23. The first-order valence-corrected chi connectivity index (χ1v) is 16.8. The number of aromatic hydroxyl groups is 2. The van der Waals surface area contributed by atoms with Crippen molar-refractivity contribution in [1.29, 1.82) is 0 Å². The number of carbonyl (C=O) groups excluding carboxylic acids is 4. The standard InChI is InChI=1S/C37H48N2O8/c1-25-11-9-14-28(40)13-6-3-5-12-27-23-31(41)35(36(44)34(27)37(45)47-25)30(26-16-18-29(46-2)19-17-26)24-32(42)38-20-10-22-39-21-8-4-7-15-33(39)43/h5,12,16-19,23,25,30,41,44H,3-4,6-11,13-15,20-22,24H2,1-2H3,(H,38,42)/b12-5+/t25-,30?/m0/s1. The summed E-state index contributed by atoms with van der Waals surface area (Å²) >= 11 is 0. The van der Waals surface area contributed by atoms with Crippen LogP contribution in [0.3, 0.4) is 0 Å². The van der Waals surface area contributed by atoms with Crippen LogP contribution in [0.1, 0.15) is 117 Å². The molecule has 4 rings (SSSR count). The van der Waals surface area contributed by atoms with Crippen molar-refractivity contribution in [3.63, 3.8) is 0 Å². The highest BCUT2D eigenvalue weighted by Gasteiger charge is 2.31. The van der Waals surface area contributed by atoms with Gasteiger partial charge in [0.2, 0.25) is 11.8 Å².